The van der Waals surface area contributed by atoms with Crippen molar-refractivity contribution in [1.29, 1.82) is 0 Å². The molecule has 3 aromatic rings. The number of carbonyl (C=O) groups excluding carboxylic acids is 4. The normalized spacial score (nSPS) is 13.5. The quantitative estimate of drug-likeness (QED) is 0.0477. The number of aliphatic carboxylic acids is 1. The summed E-state index contributed by atoms with van der Waals surface area (Å²) >= 11 is 0. The highest BCUT2D eigenvalue weighted by molar-refractivity contribution is 5.95. The Balaban J connectivity index is 1.76. The first-order valence-corrected chi connectivity index (χ1v) is 14.8. The van der Waals surface area contributed by atoms with Crippen LogP contribution in [0.2, 0.25) is 0 Å². The highest BCUT2D eigenvalue weighted by atomic mass is 16.4. The maximum absolute atomic E-state index is 13.6. The van der Waals surface area contributed by atoms with Crippen molar-refractivity contribution >= 4 is 46.5 Å². The molecule has 0 spiro atoms. The molecule has 1 heterocycles. The zero-order chi connectivity index (χ0) is 33.6. The summed E-state index contributed by atoms with van der Waals surface area (Å²) in [6.45, 7) is 0.146. The van der Waals surface area contributed by atoms with Gasteiger partial charge in [-0.25, -0.2) is 4.79 Å². The maximum Gasteiger partial charge on any atom is 0.326 e. The summed E-state index contributed by atoms with van der Waals surface area (Å²) in [5.74, 6) is -4.36. The number of nitrogens with one attached hydrogen (secondary N) is 4. The van der Waals surface area contributed by atoms with Gasteiger partial charge in [-0.15, -0.1) is 0 Å². The molecule has 4 unspecified atom stereocenters. The third kappa shape index (κ3) is 10.9. The van der Waals surface area contributed by atoms with E-state index in [4.69, 9.17) is 22.9 Å². The molecule has 4 atom stereocenters. The summed E-state index contributed by atoms with van der Waals surface area (Å²) in [6.07, 6.45) is 1.79. The number of nitrogens with zero attached hydrogens (tertiary/aromatic N) is 1. The van der Waals surface area contributed by atoms with Gasteiger partial charge in [0.1, 0.15) is 18.1 Å². The Morgan fingerprint density at radius 3 is 2.09 bits per heavy atom. The van der Waals surface area contributed by atoms with Crippen molar-refractivity contribution in [3.8, 4) is 0 Å². The van der Waals surface area contributed by atoms with Crippen molar-refractivity contribution in [3.05, 3.63) is 71.9 Å². The van der Waals surface area contributed by atoms with Crippen LogP contribution in [0.5, 0.6) is 0 Å². The Labute approximate surface area is 265 Å². The Hall–Kier alpha value is -5.44. The Morgan fingerprint density at radius 1 is 0.783 bits per heavy atom. The SMILES string of the molecule is NC(=O)CCC(NC(=O)C(Cc1ccccc1)NC(=O)C(N)Cc1c[nH]c2ccccc12)C(=O)NC(CCCN=C(N)N)C(=O)O. The Kier molecular flexibility index (Phi) is 13.1. The molecule has 4 amide bonds. The number of carboxylic acids is 1. The molecule has 0 saturated heterocycles. The molecular formula is C31H41N9O6. The summed E-state index contributed by atoms with van der Waals surface area (Å²) in [4.78, 5) is 70.5. The van der Waals surface area contributed by atoms with Crippen molar-refractivity contribution in [2.24, 2.45) is 27.9 Å². The predicted octanol–water partition coefficient (Wildman–Crippen LogP) is -0.861. The third-order valence-electron chi connectivity index (χ3n) is 7.24. The molecule has 2 aromatic carbocycles. The van der Waals surface area contributed by atoms with E-state index in [9.17, 15) is 29.1 Å². The molecule has 13 N–H and O–H groups in total. The third-order valence-corrected chi connectivity index (χ3v) is 7.24. The Bertz CT molecular complexity index is 1540. The topological polar surface area (TPSA) is 274 Å². The van der Waals surface area contributed by atoms with Crippen molar-refractivity contribution in [2.75, 3.05) is 6.54 Å². The number of para-hydroxylation sites is 1. The molecule has 46 heavy (non-hydrogen) atoms. The van der Waals surface area contributed by atoms with Gasteiger partial charge in [-0.2, -0.15) is 0 Å². The van der Waals surface area contributed by atoms with E-state index in [-0.39, 0.29) is 51.0 Å². The summed E-state index contributed by atoms with van der Waals surface area (Å²) in [5, 5.41) is 18.2. The molecule has 15 nitrogen and oxygen atoms in total. The number of rotatable bonds is 18. The minimum atomic E-state index is -1.34. The lowest BCUT2D eigenvalue weighted by Crippen LogP contribution is -2.57. The van der Waals surface area contributed by atoms with Gasteiger partial charge >= 0.3 is 5.97 Å². The Morgan fingerprint density at radius 2 is 1.41 bits per heavy atom. The molecule has 15 heteroatoms. The number of carbonyl (C=O) groups is 5. The summed E-state index contributed by atoms with van der Waals surface area (Å²) < 4.78 is 0. The van der Waals surface area contributed by atoms with Crippen LogP contribution in [0, 0.1) is 0 Å². The number of guanidine groups is 1. The lowest BCUT2D eigenvalue weighted by Gasteiger charge is -2.25. The summed E-state index contributed by atoms with van der Waals surface area (Å²) in [6, 6.07) is 11.6. The maximum atomic E-state index is 13.6. The molecule has 0 fully saturated rings. The fourth-order valence-corrected chi connectivity index (χ4v) is 4.83. The lowest BCUT2D eigenvalue weighted by atomic mass is 10.0. The number of nitrogens with two attached hydrogens (primary N) is 4. The van der Waals surface area contributed by atoms with Crippen molar-refractivity contribution in [2.45, 2.75) is 62.7 Å². The first-order chi connectivity index (χ1) is 21.9. The van der Waals surface area contributed by atoms with Crippen LogP contribution >= 0.6 is 0 Å². The van der Waals surface area contributed by atoms with Crippen LogP contribution in [0.1, 0.15) is 36.8 Å². The van der Waals surface area contributed by atoms with Gasteiger partial charge in [0, 0.05) is 36.5 Å². The number of H-pyrrole nitrogens is 1. The second kappa shape index (κ2) is 17.2. The largest absolute Gasteiger partial charge is 0.480 e. The fraction of sp³-hybridized carbons (Fsp3) is 0.355. The highest BCUT2D eigenvalue weighted by Crippen LogP contribution is 2.19. The van der Waals surface area contributed by atoms with Gasteiger partial charge in [0.05, 0.1) is 6.04 Å². The van der Waals surface area contributed by atoms with Gasteiger partial charge in [0.25, 0.3) is 0 Å². The summed E-state index contributed by atoms with van der Waals surface area (Å²) in [5.41, 5.74) is 24.6. The molecule has 246 valence electrons. The van der Waals surface area contributed by atoms with Crippen LogP contribution < -0.4 is 38.9 Å². The molecule has 0 bridgehead atoms. The van der Waals surface area contributed by atoms with Gasteiger partial charge < -0.3 is 49.0 Å². The second-order valence-electron chi connectivity index (χ2n) is 10.8. The lowest BCUT2D eigenvalue weighted by molar-refractivity contribution is -0.142. The van der Waals surface area contributed by atoms with Crippen LogP contribution in [0.25, 0.3) is 10.9 Å². The van der Waals surface area contributed by atoms with Gasteiger partial charge in [-0.1, -0.05) is 48.5 Å². The minimum Gasteiger partial charge on any atom is -0.480 e. The standard InChI is InChI=1S/C31H41N9O6/c32-21(16-19-17-37-22-10-5-4-9-20(19)22)27(42)40-25(15-18-7-2-1-3-8-18)29(44)38-23(12-13-26(33)41)28(43)39-24(30(45)46)11-6-14-36-31(34)35/h1-5,7-10,17,21,23-25,37H,6,11-16,32H2,(H2,33,41)(H,38,44)(H,39,43)(H,40,42)(H,45,46)(H4,34,35,36). The number of hydrogen-bond acceptors (Lipinski definition) is 7. The van der Waals surface area contributed by atoms with Crippen molar-refractivity contribution in [1.82, 2.24) is 20.9 Å². The molecule has 0 aliphatic carbocycles. The molecule has 0 saturated carbocycles. The second-order valence-corrected chi connectivity index (χ2v) is 10.8. The van der Waals surface area contributed by atoms with Gasteiger partial charge in [0.15, 0.2) is 5.96 Å². The number of benzene rings is 2. The van der Waals surface area contributed by atoms with E-state index >= 15 is 0 Å². The molecule has 0 radical (unpaired) electrons. The van der Waals surface area contributed by atoms with Gasteiger partial charge in [-0.3, -0.25) is 24.2 Å². The van der Waals surface area contributed by atoms with Crippen LogP contribution in [0.4, 0.5) is 0 Å². The number of hydrogen-bond donors (Lipinski definition) is 9. The zero-order valence-corrected chi connectivity index (χ0v) is 25.3. The fourth-order valence-electron chi connectivity index (χ4n) is 4.83. The number of primary amides is 1. The van der Waals surface area contributed by atoms with E-state index in [1.54, 1.807) is 36.5 Å². The monoisotopic (exact) mass is 635 g/mol. The van der Waals surface area contributed by atoms with E-state index in [0.29, 0.717) is 0 Å². The van der Waals surface area contributed by atoms with E-state index in [0.717, 1.165) is 22.0 Å². The smallest absolute Gasteiger partial charge is 0.326 e. The predicted molar refractivity (Wildman–Crippen MR) is 172 cm³/mol. The number of amides is 4. The molecule has 0 aliphatic rings. The molecular weight excluding hydrogens is 594 g/mol. The molecule has 3 rings (SSSR count). The van der Waals surface area contributed by atoms with Gasteiger partial charge in [0.2, 0.25) is 23.6 Å². The summed E-state index contributed by atoms with van der Waals surface area (Å²) in [7, 11) is 0. The number of fused-ring (bicyclic) bond motifs is 1. The average molecular weight is 636 g/mol. The number of aliphatic imine (C=N–C) groups is 1. The molecule has 0 aliphatic heterocycles. The average Bonchev–Trinajstić information content (AvgIpc) is 3.42. The van der Waals surface area contributed by atoms with Crippen LogP contribution in [0.3, 0.4) is 0 Å². The van der Waals surface area contributed by atoms with E-state index < -0.39 is 53.8 Å². The van der Waals surface area contributed by atoms with Crippen molar-refractivity contribution < 1.29 is 29.1 Å². The van der Waals surface area contributed by atoms with E-state index in [2.05, 4.69) is 25.9 Å². The number of aromatic nitrogens is 1. The van der Waals surface area contributed by atoms with Crippen molar-refractivity contribution in [3.63, 3.8) is 0 Å². The number of carboxylic acid groups (broad SMARTS) is 1. The van der Waals surface area contributed by atoms with Crippen LogP contribution in [-0.2, 0) is 36.8 Å². The van der Waals surface area contributed by atoms with Crippen LogP contribution in [0.15, 0.2) is 65.8 Å². The van der Waals surface area contributed by atoms with E-state index in [1.807, 2.05) is 24.3 Å². The zero-order valence-electron chi connectivity index (χ0n) is 25.3. The first-order valence-electron chi connectivity index (χ1n) is 14.8. The highest BCUT2D eigenvalue weighted by Gasteiger charge is 2.31. The first kappa shape index (κ1) is 35.0. The van der Waals surface area contributed by atoms with E-state index in [1.165, 1.54) is 0 Å². The van der Waals surface area contributed by atoms with Crippen LogP contribution in [-0.4, -0.2) is 76.4 Å². The van der Waals surface area contributed by atoms with Gasteiger partial charge in [-0.05, 0) is 42.9 Å². The molecule has 1 aromatic heterocycles. The minimum absolute atomic E-state index is 0.00462. The number of aromatic amines is 1.